The van der Waals surface area contributed by atoms with E-state index in [4.69, 9.17) is 0 Å². The van der Waals surface area contributed by atoms with Crippen LogP contribution in [0.15, 0.2) is 24.3 Å². The Labute approximate surface area is 109 Å². The quantitative estimate of drug-likeness (QED) is 0.832. The van der Waals surface area contributed by atoms with Gasteiger partial charge in [-0.3, -0.25) is 4.79 Å². The number of hydrogen-bond donors (Lipinski definition) is 1. The second-order valence-corrected chi connectivity index (χ2v) is 5.24. The van der Waals surface area contributed by atoms with Gasteiger partial charge in [0.2, 0.25) is 5.91 Å². The summed E-state index contributed by atoms with van der Waals surface area (Å²) in [7, 11) is 0. The van der Waals surface area contributed by atoms with Crippen molar-refractivity contribution in [1.82, 2.24) is 5.32 Å². The third-order valence-electron chi connectivity index (χ3n) is 3.21. The summed E-state index contributed by atoms with van der Waals surface area (Å²) in [6, 6.07) is 6.39. The fraction of sp³-hybridized carbons (Fsp3) is 0.462. The van der Waals surface area contributed by atoms with Gasteiger partial charge < -0.3 is 5.32 Å². The van der Waals surface area contributed by atoms with Crippen LogP contribution in [0.4, 0.5) is 4.39 Å². The Morgan fingerprint density at radius 1 is 1.41 bits per heavy atom. The van der Waals surface area contributed by atoms with Crippen molar-refractivity contribution in [2.75, 3.05) is 11.9 Å². The number of alkyl halides is 1. The summed E-state index contributed by atoms with van der Waals surface area (Å²) in [5.74, 6) is -0.424. The molecule has 0 aromatic heterocycles. The molecule has 1 saturated carbocycles. The van der Waals surface area contributed by atoms with Crippen molar-refractivity contribution in [2.24, 2.45) is 5.41 Å². The lowest BCUT2D eigenvalue weighted by molar-refractivity contribution is -0.120. The van der Waals surface area contributed by atoms with Crippen molar-refractivity contribution in [3.8, 4) is 0 Å². The minimum absolute atomic E-state index is 0.109. The molecule has 0 bridgehead atoms. The molecule has 0 spiro atoms. The van der Waals surface area contributed by atoms with Crippen molar-refractivity contribution in [3.63, 3.8) is 0 Å². The number of rotatable bonds is 5. The van der Waals surface area contributed by atoms with Crippen molar-refractivity contribution < 1.29 is 9.18 Å². The van der Waals surface area contributed by atoms with Crippen LogP contribution in [0.2, 0.25) is 0 Å². The summed E-state index contributed by atoms with van der Waals surface area (Å²) < 4.78 is 13.3. The highest BCUT2D eigenvalue weighted by molar-refractivity contribution is 9.09. The molecule has 1 aliphatic carbocycles. The molecule has 0 aliphatic heterocycles. The number of nitrogens with one attached hydrogen (secondary N) is 1. The number of hydrogen-bond acceptors (Lipinski definition) is 1. The normalized spacial score (nSPS) is 16.6. The lowest BCUT2D eigenvalue weighted by Gasteiger charge is -2.12. The summed E-state index contributed by atoms with van der Waals surface area (Å²) in [5, 5.41) is 3.79. The molecule has 1 aromatic rings. The van der Waals surface area contributed by atoms with Gasteiger partial charge in [-0.15, -0.1) is 0 Å². The van der Waals surface area contributed by atoms with E-state index < -0.39 is 0 Å². The second kappa shape index (κ2) is 5.17. The minimum atomic E-state index is -0.315. The summed E-state index contributed by atoms with van der Waals surface area (Å²) in [6.45, 7) is 0.686. The maximum atomic E-state index is 13.3. The Bertz CT molecular complexity index is 418. The first-order valence-corrected chi connectivity index (χ1v) is 6.83. The number of benzene rings is 1. The molecule has 1 N–H and O–H groups in total. The maximum absolute atomic E-state index is 13.3. The van der Waals surface area contributed by atoms with Crippen LogP contribution in [0.3, 0.4) is 0 Å². The first kappa shape index (κ1) is 12.6. The van der Waals surface area contributed by atoms with E-state index in [0.717, 1.165) is 18.2 Å². The second-order valence-electron chi connectivity index (χ2n) is 4.68. The third-order valence-corrected chi connectivity index (χ3v) is 4.40. The van der Waals surface area contributed by atoms with Gasteiger partial charge in [0.15, 0.2) is 0 Å². The van der Waals surface area contributed by atoms with Gasteiger partial charge in [-0.1, -0.05) is 34.1 Å². The third kappa shape index (κ3) is 3.28. The number of halogens is 2. The molecule has 4 heteroatoms. The molecule has 1 fully saturated rings. The summed E-state index contributed by atoms with van der Waals surface area (Å²) in [6.07, 6.45) is 2.42. The van der Waals surface area contributed by atoms with Crippen LogP contribution in [0.25, 0.3) is 0 Å². The largest absolute Gasteiger partial charge is 0.355 e. The van der Waals surface area contributed by atoms with E-state index in [1.54, 1.807) is 18.2 Å². The summed E-state index contributed by atoms with van der Waals surface area (Å²) in [5.41, 5.74) is 0.707. The highest BCUT2D eigenvalue weighted by Crippen LogP contribution is 2.46. The van der Waals surface area contributed by atoms with E-state index >= 15 is 0 Å². The highest BCUT2D eigenvalue weighted by atomic mass is 79.9. The standard InChI is InChI=1S/C13H15BrFNO/c14-8-13(5-6-13)9-16-12(17)7-10-3-1-2-4-11(10)15/h1-4H,5-9H2,(H,16,17). The Morgan fingerprint density at radius 3 is 2.71 bits per heavy atom. The van der Waals surface area contributed by atoms with Crippen molar-refractivity contribution >= 4 is 21.8 Å². The van der Waals surface area contributed by atoms with E-state index in [-0.39, 0.29) is 23.6 Å². The molecule has 0 radical (unpaired) electrons. The average Bonchev–Trinajstić information content (AvgIpc) is 3.10. The number of carbonyl (C=O) groups is 1. The van der Waals surface area contributed by atoms with E-state index in [1.807, 2.05) is 0 Å². The van der Waals surface area contributed by atoms with E-state index in [1.165, 1.54) is 6.07 Å². The molecule has 0 saturated heterocycles. The lowest BCUT2D eigenvalue weighted by Crippen LogP contribution is -2.32. The molecule has 1 amide bonds. The fourth-order valence-corrected chi connectivity index (χ4v) is 2.46. The number of amides is 1. The molecule has 1 aromatic carbocycles. The van der Waals surface area contributed by atoms with E-state index in [2.05, 4.69) is 21.2 Å². The van der Waals surface area contributed by atoms with Crippen LogP contribution in [-0.2, 0) is 11.2 Å². The predicted octanol–water partition coefficient (Wildman–Crippen LogP) is 2.66. The van der Waals surface area contributed by atoms with Crippen LogP contribution in [0.1, 0.15) is 18.4 Å². The van der Waals surface area contributed by atoms with Crippen LogP contribution >= 0.6 is 15.9 Å². The Kier molecular flexibility index (Phi) is 3.82. The summed E-state index contributed by atoms with van der Waals surface area (Å²) in [4.78, 5) is 11.7. The van der Waals surface area contributed by atoms with Gasteiger partial charge in [0.1, 0.15) is 5.82 Å². The van der Waals surface area contributed by atoms with Crippen LogP contribution in [0.5, 0.6) is 0 Å². The Hall–Kier alpha value is -0.900. The van der Waals surface area contributed by atoms with Gasteiger partial charge in [-0.2, -0.15) is 0 Å². The van der Waals surface area contributed by atoms with Gasteiger partial charge in [-0.05, 0) is 29.9 Å². The SMILES string of the molecule is O=C(Cc1ccccc1F)NCC1(CBr)CC1. The van der Waals surface area contributed by atoms with E-state index in [0.29, 0.717) is 12.1 Å². The first-order chi connectivity index (χ1) is 8.15. The molecule has 92 valence electrons. The molecular formula is C13H15BrFNO. The Morgan fingerprint density at radius 2 is 2.12 bits per heavy atom. The molecule has 0 unspecified atom stereocenters. The number of carbonyl (C=O) groups excluding carboxylic acids is 1. The summed E-state index contributed by atoms with van der Waals surface area (Å²) >= 11 is 3.45. The highest BCUT2D eigenvalue weighted by Gasteiger charge is 2.41. The zero-order chi connectivity index (χ0) is 12.3. The molecule has 0 heterocycles. The predicted molar refractivity (Wildman–Crippen MR) is 68.6 cm³/mol. The van der Waals surface area contributed by atoms with Gasteiger partial charge >= 0.3 is 0 Å². The van der Waals surface area contributed by atoms with Crippen LogP contribution < -0.4 is 5.32 Å². The van der Waals surface area contributed by atoms with Gasteiger partial charge in [0, 0.05) is 11.9 Å². The molecule has 0 atom stereocenters. The molecular weight excluding hydrogens is 285 g/mol. The monoisotopic (exact) mass is 299 g/mol. The molecule has 2 nitrogen and oxygen atoms in total. The van der Waals surface area contributed by atoms with Gasteiger partial charge in [0.05, 0.1) is 6.42 Å². The maximum Gasteiger partial charge on any atom is 0.224 e. The lowest BCUT2D eigenvalue weighted by atomic mass is 10.1. The zero-order valence-electron chi connectivity index (χ0n) is 9.51. The van der Waals surface area contributed by atoms with Gasteiger partial charge in [0.25, 0.3) is 0 Å². The van der Waals surface area contributed by atoms with Crippen LogP contribution in [-0.4, -0.2) is 17.8 Å². The van der Waals surface area contributed by atoms with Crippen LogP contribution in [0, 0.1) is 11.2 Å². The molecule has 2 rings (SSSR count). The zero-order valence-corrected chi connectivity index (χ0v) is 11.1. The van der Waals surface area contributed by atoms with Crippen molar-refractivity contribution in [1.29, 1.82) is 0 Å². The molecule has 17 heavy (non-hydrogen) atoms. The van der Waals surface area contributed by atoms with Crippen molar-refractivity contribution in [2.45, 2.75) is 19.3 Å². The topological polar surface area (TPSA) is 29.1 Å². The average molecular weight is 300 g/mol. The minimum Gasteiger partial charge on any atom is -0.355 e. The van der Waals surface area contributed by atoms with Gasteiger partial charge in [-0.25, -0.2) is 4.39 Å². The van der Waals surface area contributed by atoms with Crippen molar-refractivity contribution in [3.05, 3.63) is 35.6 Å². The fourth-order valence-electron chi connectivity index (χ4n) is 1.70. The van der Waals surface area contributed by atoms with E-state index in [9.17, 15) is 9.18 Å². The molecule has 1 aliphatic rings. The Balaban J connectivity index is 1.83. The smallest absolute Gasteiger partial charge is 0.224 e. The first-order valence-electron chi connectivity index (χ1n) is 5.71.